The molecule has 0 spiro atoms. The lowest BCUT2D eigenvalue weighted by Gasteiger charge is -2.31. The number of nitrogens with one attached hydrogen (secondary N) is 1. The molecule has 6 nitrogen and oxygen atoms in total. The van der Waals surface area contributed by atoms with Crippen molar-refractivity contribution < 1.29 is 18.4 Å². The van der Waals surface area contributed by atoms with E-state index in [0.29, 0.717) is 6.54 Å². The Morgan fingerprint density at radius 1 is 1.17 bits per heavy atom. The van der Waals surface area contributed by atoms with E-state index in [9.17, 15) is 9.59 Å². The normalized spacial score (nSPS) is 19.5. The Kier molecular flexibility index (Phi) is 5.03. The number of carbonyl (C=O) groups is 2. The van der Waals surface area contributed by atoms with Crippen LogP contribution in [0, 0.1) is 0 Å². The monoisotopic (exact) mass is 330 g/mol. The van der Waals surface area contributed by atoms with Crippen molar-refractivity contribution in [2.45, 2.75) is 44.7 Å². The zero-order valence-corrected chi connectivity index (χ0v) is 13.7. The molecule has 0 aromatic carbocycles. The van der Waals surface area contributed by atoms with Crippen LogP contribution in [0.5, 0.6) is 0 Å². The molecule has 24 heavy (non-hydrogen) atoms. The van der Waals surface area contributed by atoms with Gasteiger partial charge in [0.1, 0.15) is 11.8 Å². The van der Waals surface area contributed by atoms with Crippen LogP contribution in [-0.2, 0) is 4.79 Å². The van der Waals surface area contributed by atoms with Crippen LogP contribution in [0.4, 0.5) is 0 Å². The molecule has 2 amide bonds. The maximum absolute atomic E-state index is 12.9. The highest BCUT2D eigenvalue weighted by molar-refractivity contribution is 5.95. The van der Waals surface area contributed by atoms with Gasteiger partial charge in [0, 0.05) is 6.54 Å². The molecule has 0 bridgehead atoms. The number of carbonyl (C=O) groups excluding carboxylic acids is 2. The Morgan fingerprint density at radius 3 is 2.67 bits per heavy atom. The minimum absolute atomic E-state index is 0.0713. The lowest BCUT2D eigenvalue weighted by molar-refractivity contribution is -0.135. The first-order valence-electron chi connectivity index (χ1n) is 8.35. The minimum Gasteiger partial charge on any atom is -0.467 e. The van der Waals surface area contributed by atoms with Gasteiger partial charge in [0.15, 0.2) is 5.76 Å². The molecule has 1 aliphatic rings. The number of likely N-dealkylation sites (tertiary alicyclic amines) is 1. The Morgan fingerprint density at radius 2 is 1.96 bits per heavy atom. The molecule has 3 heterocycles. The average Bonchev–Trinajstić information content (AvgIpc) is 3.24. The molecule has 1 N–H and O–H groups in total. The van der Waals surface area contributed by atoms with Crippen molar-refractivity contribution in [3.05, 3.63) is 48.3 Å². The van der Waals surface area contributed by atoms with Crippen LogP contribution in [0.1, 0.15) is 55.0 Å². The maximum atomic E-state index is 12.9. The average molecular weight is 330 g/mol. The second-order valence-electron chi connectivity index (χ2n) is 6.08. The molecule has 2 aromatic heterocycles. The van der Waals surface area contributed by atoms with Crippen LogP contribution in [0.25, 0.3) is 0 Å². The van der Waals surface area contributed by atoms with E-state index in [2.05, 4.69) is 5.32 Å². The molecule has 1 aliphatic heterocycles. The molecular formula is C18H22N2O4. The third-order valence-corrected chi connectivity index (χ3v) is 4.37. The summed E-state index contributed by atoms with van der Waals surface area (Å²) in [6.45, 7) is 2.37. The van der Waals surface area contributed by atoms with Crippen LogP contribution >= 0.6 is 0 Å². The van der Waals surface area contributed by atoms with Gasteiger partial charge >= 0.3 is 0 Å². The van der Waals surface area contributed by atoms with Gasteiger partial charge in [-0.05, 0) is 44.0 Å². The van der Waals surface area contributed by atoms with E-state index in [1.54, 1.807) is 25.3 Å². The highest BCUT2D eigenvalue weighted by atomic mass is 16.3. The van der Waals surface area contributed by atoms with Crippen molar-refractivity contribution in [1.82, 2.24) is 10.2 Å². The maximum Gasteiger partial charge on any atom is 0.287 e. The zero-order valence-electron chi connectivity index (χ0n) is 13.7. The number of nitrogens with zero attached hydrogens (tertiary/aromatic N) is 1. The summed E-state index contributed by atoms with van der Waals surface area (Å²) < 4.78 is 10.6. The molecule has 1 saturated heterocycles. The van der Waals surface area contributed by atoms with Gasteiger partial charge in [-0.3, -0.25) is 9.59 Å². The van der Waals surface area contributed by atoms with Crippen molar-refractivity contribution >= 4 is 11.8 Å². The largest absolute Gasteiger partial charge is 0.467 e. The van der Waals surface area contributed by atoms with E-state index in [-0.39, 0.29) is 23.6 Å². The second-order valence-corrected chi connectivity index (χ2v) is 6.08. The number of amides is 2. The fourth-order valence-corrected chi connectivity index (χ4v) is 3.13. The van der Waals surface area contributed by atoms with E-state index in [4.69, 9.17) is 8.83 Å². The Balaban J connectivity index is 1.71. The third-order valence-electron chi connectivity index (χ3n) is 4.37. The summed E-state index contributed by atoms with van der Waals surface area (Å²) in [5.41, 5.74) is 0. The van der Waals surface area contributed by atoms with Gasteiger partial charge in [-0.1, -0.05) is 12.8 Å². The summed E-state index contributed by atoms with van der Waals surface area (Å²) in [4.78, 5) is 26.8. The number of rotatable bonds is 4. The summed E-state index contributed by atoms with van der Waals surface area (Å²) in [6.07, 6.45) is 7.05. The predicted molar refractivity (Wildman–Crippen MR) is 87.3 cm³/mol. The Hall–Kier alpha value is -2.50. The van der Waals surface area contributed by atoms with Crippen molar-refractivity contribution in [2.75, 3.05) is 6.54 Å². The van der Waals surface area contributed by atoms with Gasteiger partial charge < -0.3 is 19.1 Å². The smallest absolute Gasteiger partial charge is 0.287 e. The molecule has 1 fully saturated rings. The fourth-order valence-electron chi connectivity index (χ4n) is 3.13. The molecule has 0 radical (unpaired) electrons. The van der Waals surface area contributed by atoms with E-state index in [0.717, 1.165) is 31.4 Å². The van der Waals surface area contributed by atoms with Crippen molar-refractivity contribution in [3.63, 3.8) is 0 Å². The van der Waals surface area contributed by atoms with Crippen LogP contribution in [0.2, 0.25) is 0 Å². The molecule has 0 unspecified atom stereocenters. The SMILES string of the molecule is C[C@H](NC(=O)c1ccco1)C(=O)N1CCCCC[C@@H]1c1ccco1. The standard InChI is InChI=1S/C18H22N2O4/c1-13(19-17(21)16-9-6-12-24-16)18(22)20-10-4-2-3-7-14(20)15-8-5-11-23-15/h5-6,8-9,11-14H,2-4,7,10H2,1H3,(H,19,21)/t13-,14+/m0/s1. The van der Waals surface area contributed by atoms with E-state index in [1.165, 1.54) is 6.26 Å². The topological polar surface area (TPSA) is 75.7 Å². The minimum atomic E-state index is -0.627. The zero-order chi connectivity index (χ0) is 16.9. The van der Waals surface area contributed by atoms with E-state index < -0.39 is 6.04 Å². The first-order chi connectivity index (χ1) is 11.7. The van der Waals surface area contributed by atoms with Gasteiger partial charge in [0.05, 0.1) is 18.6 Å². The lowest BCUT2D eigenvalue weighted by Crippen LogP contribution is -2.48. The molecule has 3 rings (SSSR count). The van der Waals surface area contributed by atoms with Crippen molar-refractivity contribution in [3.8, 4) is 0 Å². The molecule has 0 saturated carbocycles. The number of furan rings is 2. The van der Waals surface area contributed by atoms with Crippen molar-refractivity contribution in [1.29, 1.82) is 0 Å². The Bertz CT molecular complexity index is 663. The Labute approximate surface area is 140 Å². The van der Waals surface area contributed by atoms with Crippen LogP contribution in [-0.4, -0.2) is 29.3 Å². The van der Waals surface area contributed by atoms with Gasteiger partial charge in [0.2, 0.25) is 5.91 Å². The quantitative estimate of drug-likeness (QED) is 0.934. The second kappa shape index (κ2) is 7.38. The van der Waals surface area contributed by atoms with Gasteiger partial charge in [0.25, 0.3) is 5.91 Å². The van der Waals surface area contributed by atoms with Gasteiger partial charge in [-0.25, -0.2) is 0 Å². The lowest BCUT2D eigenvalue weighted by atomic mass is 10.1. The molecule has 2 aromatic rings. The summed E-state index contributed by atoms with van der Waals surface area (Å²) in [7, 11) is 0. The van der Waals surface area contributed by atoms with Crippen LogP contribution in [0.3, 0.4) is 0 Å². The van der Waals surface area contributed by atoms with E-state index in [1.807, 2.05) is 17.0 Å². The van der Waals surface area contributed by atoms with Gasteiger partial charge in [-0.2, -0.15) is 0 Å². The number of hydrogen-bond acceptors (Lipinski definition) is 4. The summed E-state index contributed by atoms with van der Waals surface area (Å²) >= 11 is 0. The summed E-state index contributed by atoms with van der Waals surface area (Å²) in [5.74, 6) is 0.520. The number of hydrogen-bond donors (Lipinski definition) is 1. The highest BCUT2D eigenvalue weighted by Gasteiger charge is 2.32. The van der Waals surface area contributed by atoms with Crippen LogP contribution < -0.4 is 5.32 Å². The van der Waals surface area contributed by atoms with Crippen molar-refractivity contribution in [2.24, 2.45) is 0 Å². The molecule has 128 valence electrons. The summed E-state index contributed by atoms with van der Waals surface area (Å²) in [5, 5.41) is 2.71. The first kappa shape index (κ1) is 16.4. The van der Waals surface area contributed by atoms with Crippen LogP contribution in [0.15, 0.2) is 45.6 Å². The first-order valence-corrected chi connectivity index (χ1v) is 8.35. The molecular weight excluding hydrogens is 308 g/mol. The third kappa shape index (κ3) is 3.53. The predicted octanol–water partition coefficient (Wildman–Crippen LogP) is 3.13. The van der Waals surface area contributed by atoms with Gasteiger partial charge in [-0.15, -0.1) is 0 Å². The van der Waals surface area contributed by atoms with E-state index >= 15 is 0 Å². The fraction of sp³-hybridized carbons (Fsp3) is 0.444. The molecule has 2 atom stereocenters. The molecule has 0 aliphatic carbocycles. The molecule has 6 heteroatoms. The highest BCUT2D eigenvalue weighted by Crippen LogP contribution is 2.30. The summed E-state index contributed by atoms with van der Waals surface area (Å²) in [6, 6.07) is 6.26.